The molecule has 0 aromatic carbocycles. The molecule has 42 heavy (non-hydrogen) atoms. The molecule has 0 aromatic heterocycles. The van der Waals surface area contributed by atoms with Gasteiger partial charge in [-0.2, -0.15) is 39.3 Å². The number of hydrogen-bond acceptors (Lipinski definition) is 6. The normalized spacial score (nSPS) is 24.4. The molecule has 3 saturated heterocycles. The van der Waals surface area contributed by atoms with Crippen LogP contribution >= 0.6 is 24.4 Å². The van der Waals surface area contributed by atoms with Crippen molar-refractivity contribution in [3.8, 4) is 0 Å². The van der Waals surface area contributed by atoms with Gasteiger partial charge in [0.15, 0.2) is 5.11 Å². The zero-order valence-electron chi connectivity index (χ0n) is 25.4. The number of nitrogens with zero attached hydrogens (tertiary/aromatic N) is 7. The van der Waals surface area contributed by atoms with Crippen LogP contribution in [0.5, 0.6) is 0 Å². The van der Waals surface area contributed by atoms with Gasteiger partial charge in [-0.25, -0.2) is 4.99 Å². The molecular formula is C27H57MgN9O3S2-4. The second-order valence-electron chi connectivity index (χ2n) is 10.6. The molecule has 2 N–H and O–H groups in total. The Balaban J connectivity index is -0.00000176. The number of fused-ring (bicyclic) bond motifs is 15. The van der Waals surface area contributed by atoms with E-state index < -0.39 is 5.54 Å². The minimum absolute atomic E-state index is 0. The Hall–Kier alpha value is -0.104. The first-order valence-electron chi connectivity index (χ1n) is 14.7. The monoisotopic (exact) mass is 643 g/mol. The first-order chi connectivity index (χ1) is 20.1. The third-order valence-electron chi connectivity index (χ3n) is 6.47. The fraction of sp³-hybridized carbons (Fsp3) is 0.926. The zero-order valence-corrected chi connectivity index (χ0v) is 28.5. The topological polar surface area (TPSA) is 149 Å². The van der Waals surface area contributed by atoms with Gasteiger partial charge in [-0.1, -0.05) is 12.3 Å². The number of thiocarbonyl (C=S) groups is 2. The quantitative estimate of drug-likeness (QED) is 0.119. The van der Waals surface area contributed by atoms with Gasteiger partial charge in [0.2, 0.25) is 0 Å². The number of aliphatic imine (C=N–C) groups is 1. The summed E-state index contributed by atoms with van der Waals surface area (Å²) in [6.07, 6.45) is 1.66. The van der Waals surface area contributed by atoms with E-state index >= 15 is 0 Å². The van der Waals surface area contributed by atoms with Gasteiger partial charge < -0.3 is 56.7 Å². The average Bonchev–Trinajstić information content (AvgIpc) is 2.96. The van der Waals surface area contributed by atoms with E-state index in [0.29, 0.717) is 117 Å². The summed E-state index contributed by atoms with van der Waals surface area (Å²) in [6.45, 7) is 15.1. The predicted molar refractivity (Wildman–Crippen MR) is 189 cm³/mol. The zero-order chi connectivity index (χ0) is 29.3. The standard InChI is InChI=1S/C27H49N9O3S2.Mg.4H2/c1-26-18-28-6-9-31-21-27(22-32-10-7-29-19-26,23-33-11-8-30-20-26)36-25(41)35-5-3-13-38-15-17-39-16-14-37-12-2-4-34-24-40;;;;;/h2-23H2,1H3,(H2,35,36,41);;4*1H/q-6;+2;;;;. The fourth-order valence-electron chi connectivity index (χ4n) is 4.26. The maximum absolute atomic E-state index is 5.67. The summed E-state index contributed by atoms with van der Waals surface area (Å²) in [5, 5.41) is 38.5. The first kappa shape index (κ1) is 39.9. The number of rotatable bonds is 15. The van der Waals surface area contributed by atoms with Crippen LogP contribution in [0, 0.1) is 5.41 Å². The van der Waals surface area contributed by atoms with Gasteiger partial charge in [-0.05, 0) is 42.8 Å². The summed E-state index contributed by atoms with van der Waals surface area (Å²) in [4.78, 5) is 3.84. The van der Waals surface area contributed by atoms with Gasteiger partial charge in [0.25, 0.3) is 0 Å². The van der Waals surface area contributed by atoms with Crippen LogP contribution in [0.15, 0.2) is 4.99 Å². The Bertz CT molecular complexity index is 715. The molecule has 0 unspecified atom stereocenters. The van der Waals surface area contributed by atoms with E-state index in [-0.39, 0.29) is 34.2 Å². The molecular weight excluding hydrogens is 587 g/mol. The molecule has 3 aliphatic rings. The summed E-state index contributed by atoms with van der Waals surface area (Å²) >= 11 is 10.2. The molecule has 246 valence electrons. The Morgan fingerprint density at radius 3 is 1.64 bits per heavy atom. The second kappa shape index (κ2) is 26.1. The van der Waals surface area contributed by atoms with E-state index in [4.69, 9.17) is 58.3 Å². The third kappa shape index (κ3) is 20.0. The molecule has 0 aliphatic carbocycles. The number of isothiocyanates is 1. The van der Waals surface area contributed by atoms with Gasteiger partial charge in [-0.3, -0.25) is 0 Å². The van der Waals surface area contributed by atoms with Crippen molar-refractivity contribution < 1.29 is 19.9 Å². The Morgan fingerprint density at radius 2 is 1.17 bits per heavy atom. The van der Waals surface area contributed by atoms with Crippen LogP contribution in [0.25, 0.3) is 31.9 Å². The van der Waals surface area contributed by atoms with Crippen molar-refractivity contribution in [3.63, 3.8) is 0 Å². The van der Waals surface area contributed by atoms with Crippen molar-refractivity contribution in [3.05, 3.63) is 31.9 Å². The maximum atomic E-state index is 5.67. The van der Waals surface area contributed by atoms with Crippen molar-refractivity contribution >= 4 is 57.8 Å². The first-order valence-corrected chi connectivity index (χ1v) is 15.5. The van der Waals surface area contributed by atoms with E-state index in [1.165, 1.54) is 0 Å². The van der Waals surface area contributed by atoms with Crippen LogP contribution in [0.4, 0.5) is 0 Å². The predicted octanol–water partition coefficient (Wildman–Crippen LogP) is 4.00. The van der Waals surface area contributed by atoms with Crippen molar-refractivity contribution in [2.75, 3.05) is 131 Å². The van der Waals surface area contributed by atoms with Crippen LogP contribution in [0.2, 0.25) is 0 Å². The van der Waals surface area contributed by atoms with Crippen LogP contribution < -0.4 is 10.6 Å². The Kier molecular flexibility index (Phi) is 24.9. The molecule has 3 heterocycles. The van der Waals surface area contributed by atoms with Crippen LogP contribution in [0.3, 0.4) is 0 Å². The summed E-state index contributed by atoms with van der Waals surface area (Å²) in [5.41, 5.74) is -0.505. The summed E-state index contributed by atoms with van der Waals surface area (Å²) in [7, 11) is 0. The molecule has 0 aromatic rings. The van der Waals surface area contributed by atoms with Crippen LogP contribution in [0.1, 0.15) is 25.5 Å². The molecule has 0 radical (unpaired) electrons. The van der Waals surface area contributed by atoms with E-state index in [1.807, 2.05) is 0 Å². The van der Waals surface area contributed by atoms with Gasteiger partial charge in [-0.15, -0.1) is 39.3 Å². The Labute approximate surface area is 286 Å². The Morgan fingerprint density at radius 1 is 0.738 bits per heavy atom. The number of hydrogen-bond donors (Lipinski definition) is 2. The smallest absolute Gasteiger partial charge is 0.663 e. The third-order valence-corrected chi connectivity index (χ3v) is 6.85. The molecule has 3 fully saturated rings. The van der Waals surface area contributed by atoms with Crippen LogP contribution in [-0.2, 0) is 14.2 Å². The average molecular weight is 644 g/mol. The number of ether oxygens (including phenoxy) is 3. The SMILES string of the molecule is CC12C[N-]CC[N-]CC(NC(=S)NCCCOCCOCCOCCCN=C=S)(C[N-]CC[N-]C1)C[N-]CC[N-]C2.[HH].[HH].[HH].[HH].[Mg+2]. The van der Waals surface area contributed by atoms with Crippen LogP contribution in [-0.4, -0.2) is 170 Å². The molecule has 0 amide bonds. The fourth-order valence-corrected chi connectivity index (χ4v) is 4.67. The molecule has 0 spiro atoms. The molecule has 0 saturated carbocycles. The molecule has 2 bridgehead atoms. The minimum Gasteiger partial charge on any atom is -0.663 e. The summed E-state index contributed by atoms with van der Waals surface area (Å²) in [5.74, 6) is 0. The molecule has 3 rings (SSSR count). The van der Waals surface area contributed by atoms with Crippen molar-refractivity contribution in [2.24, 2.45) is 10.4 Å². The number of nitrogens with one attached hydrogen (secondary N) is 2. The van der Waals surface area contributed by atoms with Gasteiger partial charge in [0.1, 0.15) is 0 Å². The minimum atomic E-state index is -0.470. The maximum Gasteiger partial charge on any atom is 2.00 e. The van der Waals surface area contributed by atoms with Crippen molar-refractivity contribution in [1.82, 2.24) is 10.6 Å². The van der Waals surface area contributed by atoms with Crippen molar-refractivity contribution in [1.29, 1.82) is 0 Å². The van der Waals surface area contributed by atoms with E-state index in [9.17, 15) is 0 Å². The molecule has 0 atom stereocenters. The van der Waals surface area contributed by atoms with E-state index in [1.54, 1.807) is 0 Å². The largest absolute Gasteiger partial charge is 2.00 e. The molecule has 15 heteroatoms. The van der Waals surface area contributed by atoms with Gasteiger partial charge >= 0.3 is 23.1 Å². The second-order valence-corrected chi connectivity index (χ2v) is 11.2. The molecule has 12 nitrogen and oxygen atoms in total. The van der Waals surface area contributed by atoms with Crippen molar-refractivity contribution in [2.45, 2.75) is 25.3 Å². The molecule has 3 aliphatic heterocycles. The van der Waals surface area contributed by atoms with Gasteiger partial charge in [0, 0.05) is 25.5 Å². The van der Waals surface area contributed by atoms with E-state index in [2.05, 4.69) is 39.9 Å². The summed E-state index contributed by atoms with van der Waals surface area (Å²) < 4.78 is 16.7. The van der Waals surface area contributed by atoms with Gasteiger partial charge in [0.05, 0.1) is 38.1 Å². The van der Waals surface area contributed by atoms with E-state index in [0.717, 1.165) is 32.5 Å². The summed E-state index contributed by atoms with van der Waals surface area (Å²) in [6, 6.07) is 0.